The molecule has 0 aliphatic heterocycles. The quantitative estimate of drug-likeness (QED) is 0.599. The predicted molar refractivity (Wildman–Crippen MR) is 99.0 cm³/mol. The van der Waals surface area contributed by atoms with Crippen molar-refractivity contribution in [2.45, 2.75) is 17.7 Å². The molecule has 1 unspecified atom stereocenters. The van der Waals surface area contributed by atoms with Crippen molar-refractivity contribution >= 4 is 10.1 Å². The molecular weight excluding hydrogens is 352 g/mol. The van der Waals surface area contributed by atoms with Crippen molar-refractivity contribution in [3.05, 3.63) is 77.9 Å². The Bertz CT molecular complexity index is 1030. The molecule has 26 heavy (non-hydrogen) atoms. The van der Waals surface area contributed by atoms with Crippen molar-refractivity contribution in [1.29, 1.82) is 0 Å². The van der Waals surface area contributed by atoms with E-state index in [1.54, 1.807) is 18.2 Å². The van der Waals surface area contributed by atoms with Gasteiger partial charge in [-0.2, -0.15) is 8.42 Å². The molecule has 0 aromatic heterocycles. The number of aromatic hydroxyl groups is 2. The lowest BCUT2D eigenvalue weighted by atomic mass is 9.90. The van der Waals surface area contributed by atoms with Gasteiger partial charge in [-0.15, -0.1) is 0 Å². The molecular formula is C20H18O5S. The first-order valence-electron chi connectivity index (χ1n) is 7.96. The van der Waals surface area contributed by atoms with Crippen LogP contribution in [0.1, 0.15) is 24.0 Å². The van der Waals surface area contributed by atoms with Crippen molar-refractivity contribution in [2.24, 2.45) is 0 Å². The Kier molecular flexibility index (Phi) is 4.71. The Morgan fingerprint density at radius 3 is 2.04 bits per heavy atom. The first-order chi connectivity index (χ1) is 12.3. The summed E-state index contributed by atoms with van der Waals surface area (Å²) in [6, 6.07) is 18.5. The number of hydrogen-bond acceptors (Lipinski definition) is 4. The van der Waals surface area contributed by atoms with Gasteiger partial charge in [-0.3, -0.25) is 4.55 Å². The van der Waals surface area contributed by atoms with Gasteiger partial charge < -0.3 is 10.2 Å². The molecule has 0 saturated carbocycles. The third kappa shape index (κ3) is 3.56. The molecule has 0 bridgehead atoms. The molecule has 0 aliphatic carbocycles. The van der Waals surface area contributed by atoms with E-state index in [2.05, 4.69) is 0 Å². The molecule has 0 aliphatic rings. The van der Waals surface area contributed by atoms with Crippen LogP contribution in [0.25, 0.3) is 11.1 Å². The first-order valence-corrected chi connectivity index (χ1v) is 9.40. The van der Waals surface area contributed by atoms with Crippen molar-refractivity contribution in [1.82, 2.24) is 0 Å². The van der Waals surface area contributed by atoms with E-state index in [9.17, 15) is 23.2 Å². The molecule has 3 rings (SSSR count). The van der Waals surface area contributed by atoms with Crippen molar-refractivity contribution in [3.8, 4) is 22.6 Å². The summed E-state index contributed by atoms with van der Waals surface area (Å²) in [5, 5.41) is 19.9. The molecule has 0 amide bonds. The monoisotopic (exact) mass is 370 g/mol. The van der Waals surface area contributed by atoms with Crippen molar-refractivity contribution in [3.63, 3.8) is 0 Å². The summed E-state index contributed by atoms with van der Waals surface area (Å²) in [5.74, 6) is -0.632. The minimum atomic E-state index is -4.61. The molecule has 0 radical (unpaired) electrons. The average molecular weight is 370 g/mol. The van der Waals surface area contributed by atoms with Gasteiger partial charge in [0, 0.05) is 11.5 Å². The molecule has 0 heterocycles. The highest BCUT2D eigenvalue weighted by molar-refractivity contribution is 7.86. The highest BCUT2D eigenvalue weighted by Crippen LogP contribution is 2.39. The van der Waals surface area contributed by atoms with Gasteiger partial charge in [0.15, 0.2) is 0 Å². The maximum absolute atomic E-state index is 11.8. The summed E-state index contributed by atoms with van der Waals surface area (Å²) in [6.45, 7) is 1.91. The third-order valence-corrected chi connectivity index (χ3v) is 5.22. The summed E-state index contributed by atoms with van der Waals surface area (Å²) in [7, 11) is -4.61. The summed E-state index contributed by atoms with van der Waals surface area (Å²) >= 11 is 0. The largest absolute Gasteiger partial charge is 0.508 e. The Hall–Kier alpha value is -2.83. The topological polar surface area (TPSA) is 94.8 Å². The Labute approximate surface area is 151 Å². The summed E-state index contributed by atoms with van der Waals surface area (Å²) in [4.78, 5) is -0.541. The zero-order valence-corrected chi connectivity index (χ0v) is 14.8. The summed E-state index contributed by atoms with van der Waals surface area (Å²) < 4.78 is 33.1. The fraction of sp³-hybridized carbons (Fsp3) is 0.100. The highest BCUT2D eigenvalue weighted by Gasteiger charge is 2.23. The van der Waals surface area contributed by atoms with Crippen molar-refractivity contribution in [2.75, 3.05) is 0 Å². The van der Waals surface area contributed by atoms with Crippen LogP contribution in [0.3, 0.4) is 0 Å². The number of phenolic OH excluding ortho intramolecular Hbond substituents is 2. The molecule has 6 heteroatoms. The number of hydrogen-bond donors (Lipinski definition) is 3. The molecule has 5 nitrogen and oxygen atoms in total. The number of phenols is 2. The maximum atomic E-state index is 11.8. The Morgan fingerprint density at radius 2 is 1.46 bits per heavy atom. The fourth-order valence-corrected chi connectivity index (χ4v) is 3.51. The number of benzene rings is 3. The highest BCUT2D eigenvalue weighted by atomic mass is 32.2. The molecule has 0 saturated heterocycles. The summed E-state index contributed by atoms with van der Waals surface area (Å²) in [6.07, 6.45) is 0. The van der Waals surface area contributed by atoms with Gasteiger partial charge in [-0.05, 0) is 41.0 Å². The second kappa shape index (κ2) is 6.82. The maximum Gasteiger partial charge on any atom is 0.298 e. The van der Waals surface area contributed by atoms with Crippen LogP contribution in [0.5, 0.6) is 11.5 Å². The van der Waals surface area contributed by atoms with E-state index in [-0.39, 0.29) is 17.2 Å². The van der Waals surface area contributed by atoms with Gasteiger partial charge >= 0.3 is 0 Å². The second-order valence-corrected chi connectivity index (χ2v) is 7.46. The molecule has 3 aromatic rings. The molecule has 134 valence electrons. The predicted octanol–water partition coefficient (Wildman–Crippen LogP) is 4.16. The van der Waals surface area contributed by atoms with E-state index in [0.29, 0.717) is 11.1 Å². The Morgan fingerprint density at radius 1 is 0.846 bits per heavy atom. The molecule has 0 fully saturated rings. The van der Waals surface area contributed by atoms with Crippen LogP contribution < -0.4 is 0 Å². The van der Waals surface area contributed by atoms with Crippen LogP contribution in [-0.2, 0) is 10.1 Å². The smallest absolute Gasteiger partial charge is 0.298 e. The van der Waals surface area contributed by atoms with Crippen LogP contribution in [-0.4, -0.2) is 23.2 Å². The minimum Gasteiger partial charge on any atom is -0.508 e. The van der Waals surface area contributed by atoms with Crippen LogP contribution in [0.15, 0.2) is 71.6 Å². The van der Waals surface area contributed by atoms with E-state index in [1.165, 1.54) is 18.2 Å². The SMILES string of the molecule is CC(c1ccccc1)c1cc(-c2ccc(O)cc2)c(O)c(S(=O)(=O)O)c1. The van der Waals surface area contributed by atoms with Crippen LogP contribution in [0.2, 0.25) is 0 Å². The molecule has 0 spiro atoms. The Balaban J connectivity index is 2.23. The van der Waals surface area contributed by atoms with Crippen LogP contribution >= 0.6 is 0 Å². The standard InChI is InChI=1S/C20H18O5S/c1-13(14-5-3-2-4-6-14)16-11-18(15-7-9-17(21)10-8-15)20(22)19(12-16)26(23,24)25/h2-13,21-22H,1H3,(H,23,24,25). The van der Waals surface area contributed by atoms with E-state index >= 15 is 0 Å². The normalized spacial score (nSPS) is 12.7. The van der Waals surface area contributed by atoms with Crippen LogP contribution in [0, 0.1) is 0 Å². The average Bonchev–Trinajstić information content (AvgIpc) is 2.62. The zero-order valence-electron chi connectivity index (χ0n) is 14.0. The van der Waals surface area contributed by atoms with Gasteiger partial charge in [0.05, 0.1) is 0 Å². The molecule has 1 atom stereocenters. The molecule has 3 N–H and O–H groups in total. The van der Waals surface area contributed by atoms with Gasteiger partial charge in [0.2, 0.25) is 0 Å². The van der Waals surface area contributed by atoms with E-state index in [0.717, 1.165) is 5.56 Å². The lowest BCUT2D eigenvalue weighted by molar-refractivity contribution is 0.444. The van der Waals surface area contributed by atoms with Gasteiger partial charge in [0.1, 0.15) is 16.4 Å². The summed E-state index contributed by atoms with van der Waals surface area (Å²) in [5.41, 5.74) is 2.38. The third-order valence-electron chi connectivity index (χ3n) is 4.35. The lowest BCUT2D eigenvalue weighted by Crippen LogP contribution is -2.04. The number of rotatable bonds is 4. The van der Waals surface area contributed by atoms with Gasteiger partial charge in [0.25, 0.3) is 10.1 Å². The van der Waals surface area contributed by atoms with E-state index in [1.807, 2.05) is 37.3 Å². The lowest BCUT2D eigenvalue weighted by Gasteiger charge is -2.17. The van der Waals surface area contributed by atoms with E-state index < -0.39 is 20.8 Å². The second-order valence-electron chi connectivity index (χ2n) is 6.07. The van der Waals surface area contributed by atoms with Crippen LogP contribution in [0.4, 0.5) is 0 Å². The molecule has 3 aromatic carbocycles. The van der Waals surface area contributed by atoms with Crippen molar-refractivity contribution < 1.29 is 23.2 Å². The first kappa shape index (κ1) is 18.0. The van der Waals surface area contributed by atoms with Gasteiger partial charge in [-0.1, -0.05) is 49.4 Å². The van der Waals surface area contributed by atoms with Gasteiger partial charge in [-0.25, -0.2) is 0 Å². The fourth-order valence-electron chi connectivity index (χ4n) is 2.87. The minimum absolute atomic E-state index is 0.0528. The van der Waals surface area contributed by atoms with E-state index in [4.69, 9.17) is 0 Å². The zero-order chi connectivity index (χ0) is 18.9.